The molecule has 0 aliphatic carbocycles. The normalized spacial score (nSPS) is 10.6. The fourth-order valence-electron chi connectivity index (χ4n) is 1.28. The molecule has 0 amide bonds. The van der Waals surface area contributed by atoms with Crippen molar-refractivity contribution >= 4 is 12.2 Å². The van der Waals surface area contributed by atoms with Gasteiger partial charge in [-0.2, -0.15) is 0 Å². The van der Waals surface area contributed by atoms with Crippen LogP contribution in [0.4, 0.5) is 0 Å². The van der Waals surface area contributed by atoms with E-state index in [1.165, 1.54) is 0 Å². The summed E-state index contributed by atoms with van der Waals surface area (Å²) in [4.78, 5) is 8.46. The highest BCUT2D eigenvalue weighted by molar-refractivity contribution is 5.66. The smallest absolute Gasteiger partial charge is 0.213 e. The van der Waals surface area contributed by atoms with Crippen molar-refractivity contribution in [2.75, 3.05) is 7.11 Å². The van der Waals surface area contributed by atoms with E-state index in [0.717, 1.165) is 11.4 Å². The van der Waals surface area contributed by atoms with Crippen LogP contribution in [0.25, 0.3) is 12.2 Å². The summed E-state index contributed by atoms with van der Waals surface area (Å²) in [5, 5.41) is 0. The topological polar surface area (TPSA) is 35.0 Å². The number of methoxy groups -OCH3 is 1. The third kappa shape index (κ3) is 2.67. The lowest BCUT2D eigenvalue weighted by Crippen LogP contribution is -1.88. The number of ether oxygens (including phenoxy) is 1. The zero-order valence-corrected chi connectivity index (χ0v) is 9.00. The third-order valence-electron chi connectivity index (χ3n) is 2.07. The first-order valence-electron chi connectivity index (χ1n) is 4.98. The van der Waals surface area contributed by atoms with Gasteiger partial charge in [-0.3, -0.25) is 4.98 Å². The molecule has 80 valence electrons. The first-order chi connectivity index (χ1) is 7.88. The van der Waals surface area contributed by atoms with Crippen LogP contribution < -0.4 is 4.74 Å². The van der Waals surface area contributed by atoms with Crippen molar-refractivity contribution in [3.63, 3.8) is 0 Å². The van der Waals surface area contributed by atoms with Crippen molar-refractivity contribution in [3.05, 3.63) is 54.0 Å². The molecule has 0 saturated heterocycles. The Balaban J connectivity index is 2.17. The van der Waals surface area contributed by atoms with E-state index < -0.39 is 0 Å². The summed E-state index contributed by atoms with van der Waals surface area (Å²) in [5.74, 6) is 0.614. The number of nitrogens with zero attached hydrogens (tertiary/aromatic N) is 2. The lowest BCUT2D eigenvalue weighted by molar-refractivity contribution is 0.397. The summed E-state index contributed by atoms with van der Waals surface area (Å²) >= 11 is 0. The van der Waals surface area contributed by atoms with Crippen LogP contribution in [0.15, 0.2) is 42.6 Å². The van der Waals surface area contributed by atoms with E-state index in [1.807, 2.05) is 48.6 Å². The van der Waals surface area contributed by atoms with Gasteiger partial charge < -0.3 is 4.74 Å². The molecule has 0 radical (unpaired) electrons. The Morgan fingerprint density at radius 2 is 1.81 bits per heavy atom. The van der Waals surface area contributed by atoms with Gasteiger partial charge in [0.1, 0.15) is 0 Å². The van der Waals surface area contributed by atoms with Crippen LogP contribution in [-0.2, 0) is 0 Å². The molecule has 3 heteroatoms. The van der Waals surface area contributed by atoms with E-state index in [2.05, 4.69) is 9.97 Å². The van der Waals surface area contributed by atoms with Crippen molar-refractivity contribution in [2.24, 2.45) is 0 Å². The lowest BCUT2D eigenvalue weighted by atomic mass is 10.3. The summed E-state index contributed by atoms with van der Waals surface area (Å²) in [7, 11) is 1.61. The van der Waals surface area contributed by atoms with Crippen molar-refractivity contribution < 1.29 is 4.74 Å². The quantitative estimate of drug-likeness (QED) is 0.784. The second kappa shape index (κ2) is 5.07. The van der Waals surface area contributed by atoms with E-state index >= 15 is 0 Å². The van der Waals surface area contributed by atoms with Crippen molar-refractivity contribution in [2.45, 2.75) is 0 Å². The van der Waals surface area contributed by atoms with Gasteiger partial charge in [-0.15, -0.1) is 0 Å². The van der Waals surface area contributed by atoms with Gasteiger partial charge in [0.2, 0.25) is 5.88 Å². The van der Waals surface area contributed by atoms with Gasteiger partial charge in [0.25, 0.3) is 0 Å². The predicted molar refractivity (Wildman–Crippen MR) is 64.0 cm³/mol. The molecule has 0 aliphatic rings. The molecule has 2 aromatic rings. The maximum atomic E-state index is 5.05. The lowest BCUT2D eigenvalue weighted by Gasteiger charge is -1.98. The first-order valence-corrected chi connectivity index (χ1v) is 4.98. The molecule has 0 bridgehead atoms. The van der Waals surface area contributed by atoms with Gasteiger partial charge in [0.15, 0.2) is 0 Å². The number of hydrogen-bond donors (Lipinski definition) is 0. The minimum absolute atomic E-state index is 0.614. The molecule has 16 heavy (non-hydrogen) atoms. The molecule has 0 fully saturated rings. The average Bonchev–Trinajstić information content (AvgIpc) is 2.38. The Morgan fingerprint density at radius 3 is 2.56 bits per heavy atom. The van der Waals surface area contributed by atoms with E-state index in [9.17, 15) is 0 Å². The van der Waals surface area contributed by atoms with Crippen LogP contribution in [-0.4, -0.2) is 17.1 Å². The Labute approximate surface area is 94.4 Å². The third-order valence-corrected chi connectivity index (χ3v) is 2.07. The molecule has 2 rings (SSSR count). The molecule has 0 aliphatic heterocycles. The number of pyridine rings is 2. The monoisotopic (exact) mass is 212 g/mol. The van der Waals surface area contributed by atoms with E-state index in [1.54, 1.807) is 13.3 Å². The SMILES string of the molecule is COc1cccc(/C=C/c2ccccn2)n1. The van der Waals surface area contributed by atoms with E-state index in [0.29, 0.717) is 5.88 Å². The first kappa shape index (κ1) is 10.4. The minimum atomic E-state index is 0.614. The Morgan fingerprint density at radius 1 is 1.00 bits per heavy atom. The number of hydrogen-bond acceptors (Lipinski definition) is 3. The number of rotatable bonds is 3. The van der Waals surface area contributed by atoms with E-state index in [4.69, 9.17) is 4.74 Å². The maximum Gasteiger partial charge on any atom is 0.213 e. The summed E-state index contributed by atoms with van der Waals surface area (Å²) in [6, 6.07) is 11.4. The summed E-state index contributed by atoms with van der Waals surface area (Å²) in [5.41, 5.74) is 1.76. The molecule has 3 nitrogen and oxygen atoms in total. The van der Waals surface area contributed by atoms with Gasteiger partial charge in [0, 0.05) is 12.3 Å². The van der Waals surface area contributed by atoms with Gasteiger partial charge in [-0.1, -0.05) is 12.1 Å². The van der Waals surface area contributed by atoms with Crippen LogP contribution in [0.1, 0.15) is 11.4 Å². The molecule has 0 N–H and O–H groups in total. The summed E-state index contributed by atoms with van der Waals surface area (Å²) in [6.45, 7) is 0. The fraction of sp³-hybridized carbons (Fsp3) is 0.0769. The predicted octanol–water partition coefficient (Wildman–Crippen LogP) is 2.66. The molecular formula is C13H12N2O. The molecule has 0 atom stereocenters. The fourth-order valence-corrected chi connectivity index (χ4v) is 1.28. The van der Waals surface area contributed by atoms with Crippen LogP contribution in [0.3, 0.4) is 0 Å². The molecule has 2 heterocycles. The summed E-state index contributed by atoms with van der Waals surface area (Å²) in [6.07, 6.45) is 5.59. The highest BCUT2D eigenvalue weighted by atomic mass is 16.5. The van der Waals surface area contributed by atoms with Crippen LogP contribution in [0.5, 0.6) is 5.88 Å². The zero-order chi connectivity index (χ0) is 11.2. The molecule has 0 spiro atoms. The van der Waals surface area contributed by atoms with Crippen LogP contribution in [0, 0.1) is 0 Å². The minimum Gasteiger partial charge on any atom is -0.481 e. The highest BCUT2D eigenvalue weighted by Gasteiger charge is 1.93. The van der Waals surface area contributed by atoms with Gasteiger partial charge in [0.05, 0.1) is 18.5 Å². The molecule has 2 aromatic heterocycles. The second-order valence-electron chi connectivity index (χ2n) is 3.19. The highest BCUT2D eigenvalue weighted by Crippen LogP contribution is 2.09. The average molecular weight is 212 g/mol. The molecular weight excluding hydrogens is 200 g/mol. The molecule has 0 aromatic carbocycles. The maximum absolute atomic E-state index is 5.05. The molecule has 0 saturated carbocycles. The Kier molecular flexibility index (Phi) is 3.28. The molecule has 0 unspecified atom stereocenters. The van der Waals surface area contributed by atoms with Crippen molar-refractivity contribution in [3.8, 4) is 5.88 Å². The zero-order valence-electron chi connectivity index (χ0n) is 9.00. The van der Waals surface area contributed by atoms with Crippen LogP contribution >= 0.6 is 0 Å². The van der Waals surface area contributed by atoms with Crippen LogP contribution in [0.2, 0.25) is 0 Å². The van der Waals surface area contributed by atoms with Gasteiger partial charge in [-0.05, 0) is 30.4 Å². The van der Waals surface area contributed by atoms with Gasteiger partial charge in [-0.25, -0.2) is 4.98 Å². The Bertz CT molecular complexity index is 480. The van der Waals surface area contributed by atoms with E-state index in [-0.39, 0.29) is 0 Å². The number of aromatic nitrogens is 2. The largest absolute Gasteiger partial charge is 0.481 e. The van der Waals surface area contributed by atoms with Gasteiger partial charge >= 0.3 is 0 Å². The van der Waals surface area contributed by atoms with Crippen molar-refractivity contribution in [1.82, 2.24) is 9.97 Å². The summed E-state index contributed by atoms with van der Waals surface area (Å²) < 4.78 is 5.05. The standard InChI is InChI=1S/C13H12N2O/c1-16-13-7-4-6-12(15-13)9-8-11-5-2-3-10-14-11/h2-10H,1H3/b9-8+. The Hall–Kier alpha value is -2.16. The second-order valence-corrected chi connectivity index (χ2v) is 3.19. The van der Waals surface area contributed by atoms with Crippen molar-refractivity contribution in [1.29, 1.82) is 0 Å².